The van der Waals surface area contributed by atoms with Crippen molar-refractivity contribution in [3.8, 4) is 11.4 Å². The van der Waals surface area contributed by atoms with Gasteiger partial charge in [0.2, 0.25) is 0 Å². The molecule has 0 bridgehead atoms. The lowest BCUT2D eigenvalue weighted by Crippen LogP contribution is -2.42. The van der Waals surface area contributed by atoms with Crippen molar-refractivity contribution >= 4 is 11.7 Å². The number of amides is 1. The molecule has 1 aromatic heterocycles. The summed E-state index contributed by atoms with van der Waals surface area (Å²) in [7, 11) is 3.94. The van der Waals surface area contributed by atoms with Gasteiger partial charge in [-0.05, 0) is 12.8 Å². The van der Waals surface area contributed by atoms with Crippen LogP contribution < -0.4 is 4.90 Å². The molecule has 1 aliphatic heterocycles. The van der Waals surface area contributed by atoms with Crippen molar-refractivity contribution in [3.63, 3.8) is 0 Å². The number of benzene rings is 1. The van der Waals surface area contributed by atoms with E-state index in [1.807, 2.05) is 49.3 Å². The van der Waals surface area contributed by atoms with E-state index in [0.29, 0.717) is 31.8 Å². The van der Waals surface area contributed by atoms with E-state index < -0.39 is 6.10 Å². The first kappa shape index (κ1) is 17.4. The minimum atomic E-state index is -0.940. The molecular formula is C19H24N4O2. The third-order valence-electron chi connectivity index (χ3n) is 4.48. The minimum absolute atomic E-state index is 0.223. The average molecular weight is 340 g/mol. The topological polar surface area (TPSA) is 69.6 Å². The molecule has 6 heteroatoms. The average Bonchev–Trinajstić information content (AvgIpc) is 2.65. The van der Waals surface area contributed by atoms with Crippen molar-refractivity contribution in [2.24, 2.45) is 0 Å². The molecule has 1 N–H and O–H groups in total. The third-order valence-corrected chi connectivity index (χ3v) is 4.48. The van der Waals surface area contributed by atoms with Crippen LogP contribution in [0, 0.1) is 0 Å². The SMILES string of the molecule is CC[C@H](O)C(=O)N1CCc2c(nc(-c3ccccc3)nc2N(C)C)C1. The quantitative estimate of drug-likeness (QED) is 0.920. The van der Waals surface area contributed by atoms with E-state index in [-0.39, 0.29) is 5.91 Å². The Morgan fingerprint density at radius 2 is 2.00 bits per heavy atom. The van der Waals surface area contributed by atoms with Crippen LogP contribution in [-0.2, 0) is 17.8 Å². The number of aliphatic hydroxyl groups is 1. The molecule has 0 spiro atoms. The molecule has 2 heterocycles. The smallest absolute Gasteiger partial charge is 0.251 e. The van der Waals surface area contributed by atoms with Gasteiger partial charge in [0, 0.05) is 31.8 Å². The molecule has 1 amide bonds. The van der Waals surface area contributed by atoms with Crippen LogP contribution in [0.1, 0.15) is 24.6 Å². The Kier molecular flexibility index (Phi) is 4.99. The maximum atomic E-state index is 12.3. The highest BCUT2D eigenvalue weighted by atomic mass is 16.3. The Labute approximate surface area is 148 Å². The Morgan fingerprint density at radius 3 is 2.64 bits per heavy atom. The van der Waals surface area contributed by atoms with Crippen molar-refractivity contribution in [1.29, 1.82) is 0 Å². The van der Waals surface area contributed by atoms with Gasteiger partial charge in [-0.3, -0.25) is 4.79 Å². The molecule has 132 valence electrons. The normalized spacial score (nSPS) is 14.8. The molecule has 0 radical (unpaired) electrons. The number of anilines is 1. The summed E-state index contributed by atoms with van der Waals surface area (Å²) in [5.74, 6) is 1.33. The number of carbonyl (C=O) groups is 1. The second-order valence-electron chi connectivity index (χ2n) is 6.49. The van der Waals surface area contributed by atoms with Crippen LogP contribution in [0.5, 0.6) is 0 Å². The predicted molar refractivity (Wildman–Crippen MR) is 97.2 cm³/mol. The van der Waals surface area contributed by atoms with E-state index in [9.17, 15) is 9.90 Å². The summed E-state index contributed by atoms with van der Waals surface area (Å²) < 4.78 is 0. The van der Waals surface area contributed by atoms with Crippen molar-refractivity contribution in [3.05, 3.63) is 41.6 Å². The van der Waals surface area contributed by atoms with Gasteiger partial charge in [-0.25, -0.2) is 9.97 Å². The monoisotopic (exact) mass is 340 g/mol. The van der Waals surface area contributed by atoms with Crippen LogP contribution in [0.3, 0.4) is 0 Å². The van der Waals surface area contributed by atoms with Crippen LogP contribution in [0.4, 0.5) is 5.82 Å². The number of hydrogen-bond acceptors (Lipinski definition) is 5. The number of aliphatic hydroxyl groups excluding tert-OH is 1. The summed E-state index contributed by atoms with van der Waals surface area (Å²) in [6, 6.07) is 9.84. The molecule has 1 aliphatic rings. The van der Waals surface area contributed by atoms with E-state index >= 15 is 0 Å². The molecule has 1 atom stereocenters. The fourth-order valence-electron chi connectivity index (χ4n) is 3.07. The molecule has 2 aromatic rings. The van der Waals surface area contributed by atoms with E-state index in [2.05, 4.69) is 0 Å². The van der Waals surface area contributed by atoms with E-state index in [0.717, 1.165) is 22.6 Å². The largest absolute Gasteiger partial charge is 0.383 e. The Morgan fingerprint density at radius 1 is 1.28 bits per heavy atom. The molecule has 0 saturated carbocycles. The highest BCUT2D eigenvalue weighted by Gasteiger charge is 2.28. The van der Waals surface area contributed by atoms with E-state index in [1.165, 1.54) is 0 Å². The first-order valence-electron chi connectivity index (χ1n) is 8.60. The van der Waals surface area contributed by atoms with Crippen molar-refractivity contribution in [2.45, 2.75) is 32.4 Å². The zero-order valence-electron chi connectivity index (χ0n) is 14.9. The molecular weight excluding hydrogens is 316 g/mol. The first-order chi connectivity index (χ1) is 12.0. The van der Waals surface area contributed by atoms with Gasteiger partial charge in [-0.1, -0.05) is 37.3 Å². The van der Waals surface area contributed by atoms with Gasteiger partial charge in [0.05, 0.1) is 12.2 Å². The number of rotatable bonds is 4. The van der Waals surface area contributed by atoms with Crippen molar-refractivity contribution in [2.75, 3.05) is 25.5 Å². The van der Waals surface area contributed by atoms with E-state index in [1.54, 1.807) is 11.8 Å². The summed E-state index contributed by atoms with van der Waals surface area (Å²) in [5, 5.41) is 9.87. The summed E-state index contributed by atoms with van der Waals surface area (Å²) >= 11 is 0. The molecule has 1 aromatic carbocycles. The number of nitrogens with zero attached hydrogens (tertiary/aromatic N) is 4. The molecule has 6 nitrogen and oxygen atoms in total. The van der Waals surface area contributed by atoms with Gasteiger partial charge in [-0.15, -0.1) is 0 Å². The number of fused-ring (bicyclic) bond motifs is 1. The molecule has 3 rings (SSSR count). The summed E-state index contributed by atoms with van der Waals surface area (Å²) in [6.45, 7) is 2.80. The van der Waals surface area contributed by atoms with Crippen molar-refractivity contribution in [1.82, 2.24) is 14.9 Å². The van der Waals surface area contributed by atoms with Crippen LogP contribution in [0.25, 0.3) is 11.4 Å². The number of aromatic nitrogens is 2. The lowest BCUT2D eigenvalue weighted by atomic mass is 10.0. The molecule has 0 aliphatic carbocycles. The fraction of sp³-hybridized carbons (Fsp3) is 0.421. The van der Waals surface area contributed by atoms with Gasteiger partial charge in [0.15, 0.2) is 5.82 Å². The van der Waals surface area contributed by atoms with Crippen LogP contribution >= 0.6 is 0 Å². The van der Waals surface area contributed by atoms with Crippen LogP contribution in [0.15, 0.2) is 30.3 Å². The zero-order valence-corrected chi connectivity index (χ0v) is 14.9. The van der Waals surface area contributed by atoms with Gasteiger partial charge >= 0.3 is 0 Å². The zero-order chi connectivity index (χ0) is 18.0. The Bertz CT molecular complexity index is 762. The standard InChI is InChI=1S/C19H24N4O2/c1-4-16(24)19(25)23-11-10-14-15(12-23)20-17(21-18(14)22(2)3)13-8-6-5-7-9-13/h5-9,16,24H,4,10-12H2,1-3H3/t16-/m0/s1. The maximum Gasteiger partial charge on any atom is 0.251 e. The Balaban J connectivity index is 2.00. The highest BCUT2D eigenvalue weighted by Crippen LogP contribution is 2.28. The third kappa shape index (κ3) is 3.49. The van der Waals surface area contributed by atoms with Gasteiger partial charge in [0.25, 0.3) is 5.91 Å². The summed E-state index contributed by atoms with van der Waals surface area (Å²) in [6.07, 6.45) is 0.176. The van der Waals surface area contributed by atoms with Crippen molar-refractivity contribution < 1.29 is 9.90 Å². The number of hydrogen-bond donors (Lipinski definition) is 1. The minimum Gasteiger partial charge on any atom is -0.383 e. The Hall–Kier alpha value is -2.47. The summed E-state index contributed by atoms with van der Waals surface area (Å²) in [5.41, 5.74) is 2.89. The lowest BCUT2D eigenvalue weighted by Gasteiger charge is -2.31. The fourth-order valence-corrected chi connectivity index (χ4v) is 3.07. The lowest BCUT2D eigenvalue weighted by molar-refractivity contribution is -0.141. The molecule has 0 unspecified atom stereocenters. The second-order valence-corrected chi connectivity index (χ2v) is 6.49. The van der Waals surface area contributed by atoms with Crippen LogP contribution in [-0.4, -0.2) is 52.6 Å². The molecule has 25 heavy (non-hydrogen) atoms. The van der Waals surface area contributed by atoms with Gasteiger partial charge in [-0.2, -0.15) is 0 Å². The highest BCUT2D eigenvalue weighted by molar-refractivity contribution is 5.81. The van der Waals surface area contributed by atoms with Gasteiger partial charge in [0.1, 0.15) is 11.9 Å². The second kappa shape index (κ2) is 7.19. The number of carbonyl (C=O) groups excluding carboxylic acids is 1. The van der Waals surface area contributed by atoms with Gasteiger partial charge < -0.3 is 14.9 Å². The van der Waals surface area contributed by atoms with E-state index in [4.69, 9.17) is 9.97 Å². The summed E-state index contributed by atoms with van der Waals surface area (Å²) in [4.78, 5) is 25.5. The first-order valence-corrected chi connectivity index (χ1v) is 8.60. The molecule has 0 fully saturated rings. The van der Waals surface area contributed by atoms with Crippen LogP contribution in [0.2, 0.25) is 0 Å². The molecule has 0 saturated heterocycles. The maximum absolute atomic E-state index is 12.3. The predicted octanol–water partition coefficient (Wildman–Crippen LogP) is 1.87.